The highest BCUT2D eigenvalue weighted by Gasteiger charge is 2.15. The molecule has 0 fully saturated rings. The van der Waals surface area contributed by atoms with Gasteiger partial charge in [-0.15, -0.1) is 0 Å². The Labute approximate surface area is 181 Å². The first-order chi connectivity index (χ1) is 15.1. The van der Waals surface area contributed by atoms with Crippen LogP contribution in [-0.2, 0) is 11.3 Å². The molecular formula is C23H25N3O5. The van der Waals surface area contributed by atoms with Crippen LogP contribution < -0.4 is 14.2 Å². The third kappa shape index (κ3) is 5.42. The summed E-state index contributed by atoms with van der Waals surface area (Å²) in [6, 6.07) is 12.8. The molecule has 0 radical (unpaired) electrons. The summed E-state index contributed by atoms with van der Waals surface area (Å²) in [6.07, 6.45) is 3.23. The summed E-state index contributed by atoms with van der Waals surface area (Å²) in [5, 5.41) is 4.01. The predicted octanol–water partition coefficient (Wildman–Crippen LogP) is 3.82. The highest BCUT2D eigenvalue weighted by atomic mass is 16.5. The Hall–Kier alpha value is -3.81. The Morgan fingerprint density at radius 1 is 1.03 bits per heavy atom. The molecule has 1 heterocycles. The number of likely N-dealkylation sites (N-methyl/N-ethyl adjacent to an activating group) is 1. The molecule has 0 aliphatic heterocycles. The van der Waals surface area contributed by atoms with Crippen LogP contribution in [0.25, 0.3) is 17.5 Å². The molecule has 0 saturated heterocycles. The van der Waals surface area contributed by atoms with Crippen LogP contribution in [0.1, 0.15) is 18.4 Å². The Morgan fingerprint density at radius 2 is 1.77 bits per heavy atom. The molecule has 8 heteroatoms. The molecule has 0 aliphatic carbocycles. The molecular weight excluding hydrogens is 398 g/mol. The van der Waals surface area contributed by atoms with Crippen molar-refractivity contribution in [3.63, 3.8) is 0 Å². The largest absolute Gasteiger partial charge is 0.497 e. The van der Waals surface area contributed by atoms with Gasteiger partial charge in [0, 0.05) is 18.2 Å². The van der Waals surface area contributed by atoms with Crippen LogP contribution in [0, 0.1) is 0 Å². The van der Waals surface area contributed by atoms with Crippen molar-refractivity contribution in [3.05, 3.63) is 60.0 Å². The summed E-state index contributed by atoms with van der Waals surface area (Å²) in [5.41, 5.74) is 1.63. The van der Waals surface area contributed by atoms with Gasteiger partial charge in [-0.05, 0) is 55.0 Å². The van der Waals surface area contributed by atoms with E-state index in [9.17, 15) is 4.79 Å². The average Bonchev–Trinajstić information content (AvgIpc) is 3.29. The van der Waals surface area contributed by atoms with Gasteiger partial charge in [0.1, 0.15) is 12.3 Å². The summed E-state index contributed by atoms with van der Waals surface area (Å²) in [4.78, 5) is 18.7. The highest BCUT2D eigenvalue weighted by Crippen LogP contribution is 2.28. The summed E-state index contributed by atoms with van der Waals surface area (Å²) < 4.78 is 21.0. The SMILES string of the molecule is CCN(Cc1nc(-c2ccc(OC)cc2)no1)C(=O)/C=C/c1ccc(OC)c(OC)c1. The highest BCUT2D eigenvalue weighted by molar-refractivity contribution is 5.91. The van der Waals surface area contributed by atoms with E-state index in [1.165, 1.54) is 6.08 Å². The number of hydrogen-bond acceptors (Lipinski definition) is 7. The Kier molecular flexibility index (Phi) is 7.26. The van der Waals surface area contributed by atoms with E-state index >= 15 is 0 Å². The third-order valence-corrected chi connectivity index (χ3v) is 4.66. The second-order valence-corrected chi connectivity index (χ2v) is 6.54. The van der Waals surface area contributed by atoms with E-state index in [1.54, 1.807) is 44.4 Å². The number of hydrogen-bond donors (Lipinski definition) is 0. The van der Waals surface area contributed by atoms with Crippen molar-refractivity contribution in [3.8, 4) is 28.6 Å². The number of ether oxygens (including phenoxy) is 3. The van der Waals surface area contributed by atoms with E-state index < -0.39 is 0 Å². The van der Waals surface area contributed by atoms with Crippen molar-refractivity contribution in [2.24, 2.45) is 0 Å². The van der Waals surface area contributed by atoms with Gasteiger partial charge in [-0.2, -0.15) is 4.98 Å². The topological polar surface area (TPSA) is 86.9 Å². The lowest BCUT2D eigenvalue weighted by molar-refractivity contribution is -0.126. The molecule has 0 bridgehead atoms. The fraction of sp³-hybridized carbons (Fsp3) is 0.261. The van der Waals surface area contributed by atoms with Crippen molar-refractivity contribution in [1.29, 1.82) is 0 Å². The smallest absolute Gasteiger partial charge is 0.247 e. The van der Waals surface area contributed by atoms with E-state index in [1.807, 2.05) is 37.3 Å². The van der Waals surface area contributed by atoms with E-state index in [0.717, 1.165) is 16.9 Å². The maximum absolute atomic E-state index is 12.7. The summed E-state index contributed by atoms with van der Waals surface area (Å²) >= 11 is 0. The lowest BCUT2D eigenvalue weighted by atomic mass is 10.2. The lowest BCUT2D eigenvalue weighted by Gasteiger charge is -2.16. The quantitative estimate of drug-likeness (QED) is 0.484. The monoisotopic (exact) mass is 423 g/mol. The second kappa shape index (κ2) is 10.3. The van der Waals surface area contributed by atoms with Crippen LogP contribution in [0.2, 0.25) is 0 Å². The van der Waals surface area contributed by atoms with Crippen LogP contribution in [0.4, 0.5) is 0 Å². The molecule has 162 valence electrons. The molecule has 0 atom stereocenters. The van der Waals surface area contributed by atoms with Gasteiger partial charge in [0.05, 0.1) is 21.3 Å². The lowest BCUT2D eigenvalue weighted by Crippen LogP contribution is -2.28. The van der Waals surface area contributed by atoms with Crippen molar-refractivity contribution in [1.82, 2.24) is 15.0 Å². The molecule has 0 saturated carbocycles. The van der Waals surface area contributed by atoms with Gasteiger partial charge in [0.25, 0.3) is 0 Å². The van der Waals surface area contributed by atoms with Gasteiger partial charge in [0.15, 0.2) is 11.5 Å². The normalized spacial score (nSPS) is 10.8. The molecule has 3 rings (SSSR count). The van der Waals surface area contributed by atoms with Crippen LogP contribution in [0.3, 0.4) is 0 Å². The molecule has 0 aliphatic rings. The molecule has 0 unspecified atom stereocenters. The van der Waals surface area contributed by atoms with Crippen LogP contribution in [0.5, 0.6) is 17.2 Å². The van der Waals surface area contributed by atoms with E-state index in [2.05, 4.69) is 10.1 Å². The number of rotatable bonds is 9. The number of methoxy groups -OCH3 is 3. The minimum absolute atomic E-state index is 0.165. The fourth-order valence-electron chi connectivity index (χ4n) is 2.91. The fourth-order valence-corrected chi connectivity index (χ4v) is 2.91. The zero-order valence-electron chi connectivity index (χ0n) is 18.0. The van der Waals surface area contributed by atoms with Crippen LogP contribution in [0.15, 0.2) is 53.1 Å². The number of nitrogens with zero attached hydrogens (tertiary/aromatic N) is 3. The number of aromatic nitrogens is 2. The summed E-state index contributed by atoms with van der Waals surface area (Å²) in [6.45, 7) is 2.60. The number of carbonyl (C=O) groups is 1. The van der Waals surface area contributed by atoms with Gasteiger partial charge < -0.3 is 23.6 Å². The molecule has 1 aromatic heterocycles. The maximum Gasteiger partial charge on any atom is 0.247 e. The van der Waals surface area contributed by atoms with Crippen molar-refractivity contribution < 1.29 is 23.5 Å². The van der Waals surface area contributed by atoms with Gasteiger partial charge in [-0.3, -0.25) is 4.79 Å². The second-order valence-electron chi connectivity index (χ2n) is 6.54. The predicted molar refractivity (Wildman–Crippen MR) is 116 cm³/mol. The molecule has 3 aromatic rings. The van der Waals surface area contributed by atoms with E-state index in [-0.39, 0.29) is 12.5 Å². The van der Waals surface area contributed by atoms with Gasteiger partial charge in [-0.1, -0.05) is 11.2 Å². The summed E-state index contributed by atoms with van der Waals surface area (Å²) in [5.74, 6) is 2.63. The minimum Gasteiger partial charge on any atom is -0.497 e. The average molecular weight is 423 g/mol. The van der Waals surface area contributed by atoms with Crippen LogP contribution in [-0.4, -0.2) is 48.8 Å². The van der Waals surface area contributed by atoms with Crippen molar-refractivity contribution in [2.45, 2.75) is 13.5 Å². The minimum atomic E-state index is -0.165. The van der Waals surface area contributed by atoms with Crippen molar-refractivity contribution in [2.75, 3.05) is 27.9 Å². The molecule has 2 aromatic carbocycles. The standard InChI is InChI=1S/C23H25N3O5/c1-5-26(22(27)13-7-16-6-12-19(29-3)20(14-16)30-4)15-21-24-23(25-31-21)17-8-10-18(28-2)11-9-17/h6-14H,5,15H2,1-4H3/b13-7+. The number of carbonyl (C=O) groups excluding carboxylic acids is 1. The van der Waals surface area contributed by atoms with Gasteiger partial charge in [0.2, 0.25) is 17.6 Å². The first-order valence-electron chi connectivity index (χ1n) is 9.74. The number of amides is 1. The van der Waals surface area contributed by atoms with Crippen molar-refractivity contribution >= 4 is 12.0 Å². The van der Waals surface area contributed by atoms with E-state index in [4.69, 9.17) is 18.7 Å². The Balaban J connectivity index is 1.67. The van der Waals surface area contributed by atoms with E-state index in [0.29, 0.717) is 29.8 Å². The first-order valence-corrected chi connectivity index (χ1v) is 9.74. The Morgan fingerprint density at radius 3 is 2.42 bits per heavy atom. The third-order valence-electron chi connectivity index (χ3n) is 4.66. The molecule has 31 heavy (non-hydrogen) atoms. The summed E-state index contributed by atoms with van der Waals surface area (Å²) in [7, 11) is 4.75. The van der Waals surface area contributed by atoms with Gasteiger partial charge in [-0.25, -0.2) is 0 Å². The first kappa shape index (κ1) is 21.9. The zero-order chi connectivity index (χ0) is 22.2. The van der Waals surface area contributed by atoms with Gasteiger partial charge >= 0.3 is 0 Å². The molecule has 0 spiro atoms. The molecule has 1 amide bonds. The molecule has 8 nitrogen and oxygen atoms in total. The number of benzene rings is 2. The van der Waals surface area contributed by atoms with Crippen LogP contribution >= 0.6 is 0 Å². The maximum atomic E-state index is 12.7. The Bertz CT molecular complexity index is 1040. The zero-order valence-corrected chi connectivity index (χ0v) is 18.0. The molecule has 0 N–H and O–H groups in total.